The van der Waals surface area contributed by atoms with E-state index in [2.05, 4.69) is 4.83 Å². The molecule has 1 amide bonds. The van der Waals surface area contributed by atoms with Gasteiger partial charge in [-0.15, -0.1) is 4.83 Å². The highest BCUT2D eigenvalue weighted by atomic mass is 35.5. The lowest BCUT2D eigenvalue weighted by Crippen LogP contribution is -2.54. The van der Waals surface area contributed by atoms with Crippen LogP contribution in [0, 0.1) is 4.91 Å². The van der Waals surface area contributed by atoms with Gasteiger partial charge >= 0.3 is 0 Å². The van der Waals surface area contributed by atoms with E-state index >= 15 is 0 Å². The van der Waals surface area contributed by atoms with Crippen molar-refractivity contribution in [1.82, 2.24) is 14.7 Å². The van der Waals surface area contributed by atoms with Crippen LogP contribution in [0.3, 0.4) is 0 Å². The predicted octanol–water partition coefficient (Wildman–Crippen LogP) is 0.620. The Bertz CT molecular complexity index is 1000. The molecular formula is C15H18ClN4O4S2+. The highest BCUT2D eigenvalue weighted by Gasteiger charge is 2.26. The molecule has 0 atom stereocenters. The highest BCUT2D eigenvalue weighted by Crippen LogP contribution is 2.25. The average molecular weight is 418 g/mol. The molecule has 11 heteroatoms. The number of nitrogens with zero attached hydrogens (tertiary/aromatic N) is 3. The van der Waals surface area contributed by atoms with Crippen molar-refractivity contribution in [3.63, 3.8) is 0 Å². The average Bonchev–Trinajstić information content (AvgIpc) is 2.55. The van der Waals surface area contributed by atoms with Gasteiger partial charge < -0.3 is 4.90 Å². The van der Waals surface area contributed by atoms with Crippen LogP contribution in [0.15, 0.2) is 24.3 Å². The van der Waals surface area contributed by atoms with E-state index in [0.29, 0.717) is 36.9 Å². The summed E-state index contributed by atoms with van der Waals surface area (Å²) in [5.41, 5.74) is 0.345. The number of halogens is 1. The minimum absolute atomic E-state index is 0.0271. The first-order chi connectivity index (χ1) is 12.2. The van der Waals surface area contributed by atoms with Crippen molar-refractivity contribution in [2.24, 2.45) is 0 Å². The Morgan fingerprint density at radius 2 is 2.00 bits per heavy atom. The molecule has 1 aromatic heterocycles. The minimum atomic E-state index is -3.32. The van der Waals surface area contributed by atoms with E-state index in [1.807, 2.05) is 0 Å². The number of carbonyl (C=O) groups excluding carboxylic acids is 1. The summed E-state index contributed by atoms with van der Waals surface area (Å²) in [5.74, 6) is -0.174. The second-order valence-electron chi connectivity index (χ2n) is 6.04. The maximum Gasteiger partial charge on any atom is 0.266 e. The van der Waals surface area contributed by atoms with E-state index in [-0.39, 0.29) is 12.3 Å². The Morgan fingerprint density at radius 1 is 1.31 bits per heavy atom. The van der Waals surface area contributed by atoms with Gasteiger partial charge in [-0.3, -0.25) is 4.79 Å². The maximum absolute atomic E-state index is 12.5. The number of hydrogen-bond donors (Lipinski definition) is 1. The molecule has 1 saturated heterocycles. The van der Waals surface area contributed by atoms with Crippen LogP contribution in [0.4, 0.5) is 0 Å². The summed E-state index contributed by atoms with van der Waals surface area (Å²) in [4.78, 5) is 28.8. The molecule has 8 nitrogen and oxygen atoms in total. The number of fused-ring (bicyclic) bond motifs is 1. The fourth-order valence-corrected chi connectivity index (χ4v) is 4.52. The lowest BCUT2D eigenvalue weighted by Gasteiger charge is -2.33. The molecule has 0 saturated carbocycles. The molecule has 2 aromatic rings. The zero-order chi connectivity index (χ0) is 18.9. The first kappa shape index (κ1) is 19.2. The molecule has 140 valence electrons. The van der Waals surface area contributed by atoms with Crippen LogP contribution in [0.25, 0.3) is 10.1 Å². The second-order valence-corrected chi connectivity index (χ2v) is 9.13. The van der Waals surface area contributed by atoms with Crippen LogP contribution < -0.4 is 8.65 Å². The van der Waals surface area contributed by atoms with E-state index in [1.165, 1.54) is 0 Å². The Hall–Kier alpha value is -1.59. The number of rotatable bonds is 4. The molecule has 3 rings (SSSR count). The number of amides is 1. The van der Waals surface area contributed by atoms with E-state index in [0.717, 1.165) is 31.7 Å². The summed E-state index contributed by atoms with van der Waals surface area (Å²) in [7, 11) is -3.32. The molecule has 0 aliphatic carbocycles. The van der Waals surface area contributed by atoms with E-state index in [4.69, 9.17) is 11.6 Å². The summed E-state index contributed by atoms with van der Waals surface area (Å²) < 4.78 is 24.0. The fraction of sp³-hybridized carbons (Fsp3) is 0.400. The van der Waals surface area contributed by atoms with Gasteiger partial charge in [-0.2, -0.15) is 0 Å². The van der Waals surface area contributed by atoms with Gasteiger partial charge in [-0.1, -0.05) is 17.7 Å². The molecule has 2 heterocycles. The van der Waals surface area contributed by atoms with E-state index in [1.54, 1.807) is 34.2 Å². The Labute approximate surface area is 159 Å². The summed E-state index contributed by atoms with van der Waals surface area (Å²) in [6.45, 7) is 1.56. The first-order valence-corrected chi connectivity index (χ1v) is 10.9. The Kier molecular flexibility index (Phi) is 5.58. The Balaban J connectivity index is 1.69. The summed E-state index contributed by atoms with van der Waals surface area (Å²) in [5, 5.41) is 2.84. The lowest BCUT2D eigenvalue weighted by molar-refractivity contribution is -0.425. The number of hydrazine groups is 1. The van der Waals surface area contributed by atoms with Gasteiger partial charge in [0.25, 0.3) is 5.69 Å². The zero-order valence-corrected chi connectivity index (χ0v) is 16.4. The highest BCUT2D eigenvalue weighted by molar-refractivity contribution is 7.88. The monoisotopic (exact) mass is 417 g/mol. The molecule has 1 aliphatic heterocycles. The first-order valence-electron chi connectivity index (χ1n) is 7.87. The van der Waals surface area contributed by atoms with Crippen LogP contribution in [-0.4, -0.2) is 56.7 Å². The topological polar surface area (TPSA) is 92.7 Å². The Morgan fingerprint density at radius 3 is 2.65 bits per heavy atom. The zero-order valence-electron chi connectivity index (χ0n) is 14.0. The normalized spacial score (nSPS) is 16.2. The number of aromatic nitrogens is 1. The third-order valence-electron chi connectivity index (χ3n) is 4.00. The van der Waals surface area contributed by atoms with Crippen molar-refractivity contribution < 1.29 is 17.0 Å². The fourth-order valence-electron chi connectivity index (χ4n) is 2.77. The molecule has 1 aliphatic rings. The van der Waals surface area contributed by atoms with Gasteiger partial charge in [0, 0.05) is 47.6 Å². The van der Waals surface area contributed by atoms with E-state index < -0.39 is 10.0 Å². The molecule has 1 N–H and O–H groups in total. The second kappa shape index (κ2) is 7.57. The number of nitrogens with one attached hydrogen (secondary N) is 1. The van der Waals surface area contributed by atoms with Crippen molar-refractivity contribution in [2.75, 3.05) is 32.4 Å². The summed E-state index contributed by atoms with van der Waals surface area (Å²) >= 11 is 7.17. The molecule has 0 bridgehead atoms. The number of sulfonamides is 1. The quantitative estimate of drug-likeness (QED) is 0.736. The third kappa shape index (κ3) is 4.57. The number of piperazine rings is 1. The van der Waals surface area contributed by atoms with Gasteiger partial charge in [0.15, 0.2) is 0 Å². The van der Waals surface area contributed by atoms with Crippen molar-refractivity contribution >= 4 is 49.2 Å². The molecule has 0 unspecified atom stereocenters. The smallest absolute Gasteiger partial charge is 0.266 e. The van der Waals surface area contributed by atoms with Crippen LogP contribution in [-0.2, 0) is 21.2 Å². The van der Waals surface area contributed by atoms with Crippen LogP contribution in [0.5, 0.6) is 0 Å². The van der Waals surface area contributed by atoms with E-state index in [9.17, 15) is 18.1 Å². The van der Waals surface area contributed by atoms with Gasteiger partial charge in [-0.25, -0.2) is 13.4 Å². The lowest BCUT2D eigenvalue weighted by atomic mass is 10.2. The molecule has 1 aromatic carbocycles. The van der Waals surface area contributed by atoms with Crippen molar-refractivity contribution in [3.8, 4) is 0 Å². The molecule has 26 heavy (non-hydrogen) atoms. The largest absolute Gasteiger partial charge is 0.340 e. The molecular weight excluding hydrogens is 400 g/mol. The summed E-state index contributed by atoms with van der Waals surface area (Å²) in [6.07, 6.45) is 1.06. The number of carbonyl (C=O) groups is 1. The molecule has 0 radical (unpaired) electrons. The molecule has 1 fully saturated rings. The van der Waals surface area contributed by atoms with Crippen LogP contribution in [0.1, 0.15) is 5.69 Å². The van der Waals surface area contributed by atoms with Crippen LogP contribution >= 0.6 is 23.1 Å². The predicted molar refractivity (Wildman–Crippen MR) is 100 cm³/mol. The minimum Gasteiger partial charge on any atom is -0.340 e. The van der Waals surface area contributed by atoms with Gasteiger partial charge in [0.05, 0.1) is 6.26 Å². The molecule has 0 spiro atoms. The third-order valence-corrected chi connectivity index (χ3v) is 5.87. The van der Waals surface area contributed by atoms with Crippen LogP contribution in [0.2, 0.25) is 5.02 Å². The summed E-state index contributed by atoms with van der Waals surface area (Å²) in [6, 6.07) is 6.97. The van der Waals surface area contributed by atoms with Crippen molar-refractivity contribution in [2.45, 2.75) is 6.42 Å². The maximum atomic E-state index is 12.5. The van der Waals surface area contributed by atoms with Gasteiger partial charge in [0.2, 0.25) is 27.5 Å². The van der Waals surface area contributed by atoms with Crippen molar-refractivity contribution in [3.05, 3.63) is 39.9 Å². The number of benzene rings is 1. The van der Waals surface area contributed by atoms with Gasteiger partial charge in [-0.05, 0) is 12.1 Å². The van der Waals surface area contributed by atoms with Crippen molar-refractivity contribution in [1.29, 1.82) is 0 Å². The standard InChI is InChI=1S/C15H18ClN4O4S2/c1-26(23,24)17-19-7-5-18(6-8-19)15(21)10-11-9-12-13(16)3-2-4-14(12)25-20(11)22/h2-4,9,17H,5-8,10H2,1H3/q+1. The number of hydrogen-bond acceptors (Lipinski definition) is 6. The van der Waals surface area contributed by atoms with Gasteiger partial charge in [0.1, 0.15) is 14.9 Å². The SMILES string of the molecule is CS(=O)(=O)NN1CCN(C(=O)Cc2cc3c(Cl)cccc3s[n+]2=O)CC1.